The SMILES string of the molecule is CCCC[C@H](OS(=O)n1ccnc1)[C@@H](CC1CC1)C(=O)N[C@H]1N=C(c2ccccc2)c2ccccc2N(C)C1=O. The molecule has 2 amide bonds. The van der Waals surface area contributed by atoms with E-state index < -0.39 is 29.5 Å². The van der Waals surface area contributed by atoms with Crippen molar-refractivity contribution in [2.45, 2.75) is 57.7 Å². The summed E-state index contributed by atoms with van der Waals surface area (Å²) in [6.07, 6.45) is 7.83. The highest BCUT2D eigenvalue weighted by molar-refractivity contribution is 7.78. The van der Waals surface area contributed by atoms with Crippen molar-refractivity contribution in [3.8, 4) is 0 Å². The Morgan fingerprint density at radius 2 is 1.90 bits per heavy atom. The van der Waals surface area contributed by atoms with Gasteiger partial charge < -0.3 is 10.2 Å². The molecule has 9 nitrogen and oxygen atoms in total. The number of amides is 2. The van der Waals surface area contributed by atoms with E-state index in [-0.39, 0.29) is 11.8 Å². The predicted molar refractivity (Wildman–Crippen MR) is 155 cm³/mol. The summed E-state index contributed by atoms with van der Waals surface area (Å²) in [6.45, 7) is 2.07. The highest BCUT2D eigenvalue weighted by Gasteiger charge is 2.39. The van der Waals surface area contributed by atoms with Crippen LogP contribution >= 0.6 is 0 Å². The van der Waals surface area contributed by atoms with E-state index in [9.17, 15) is 13.8 Å². The number of benzodiazepines with no additional fused rings is 1. The van der Waals surface area contributed by atoms with Crippen molar-refractivity contribution < 1.29 is 18.0 Å². The molecule has 3 aromatic rings. The molecule has 10 heteroatoms. The molecule has 1 unspecified atom stereocenters. The van der Waals surface area contributed by atoms with Crippen LogP contribution in [-0.4, -0.2) is 50.0 Å². The van der Waals surface area contributed by atoms with Gasteiger partial charge in [-0.25, -0.2) is 18.2 Å². The molecule has 0 saturated heterocycles. The van der Waals surface area contributed by atoms with Crippen molar-refractivity contribution in [2.75, 3.05) is 11.9 Å². The van der Waals surface area contributed by atoms with Crippen LogP contribution in [0.5, 0.6) is 0 Å². The molecular formula is C30H35N5O4S. The summed E-state index contributed by atoms with van der Waals surface area (Å²) in [5, 5.41) is 2.96. The van der Waals surface area contributed by atoms with Gasteiger partial charge in [0.05, 0.1) is 23.4 Å². The smallest absolute Gasteiger partial charge is 0.272 e. The lowest BCUT2D eigenvalue weighted by Gasteiger charge is -2.28. The molecule has 2 aliphatic rings. The highest BCUT2D eigenvalue weighted by Crippen LogP contribution is 2.38. The monoisotopic (exact) mass is 561 g/mol. The maximum Gasteiger partial charge on any atom is 0.272 e. The van der Waals surface area contributed by atoms with Crippen LogP contribution in [0.4, 0.5) is 5.69 Å². The molecular weight excluding hydrogens is 526 g/mol. The fourth-order valence-corrected chi connectivity index (χ4v) is 5.86. The van der Waals surface area contributed by atoms with E-state index in [0.29, 0.717) is 24.5 Å². The van der Waals surface area contributed by atoms with Gasteiger partial charge in [-0.3, -0.25) is 13.8 Å². The lowest BCUT2D eigenvalue weighted by molar-refractivity contribution is -0.132. The summed E-state index contributed by atoms with van der Waals surface area (Å²) in [5.74, 6) is -0.814. The van der Waals surface area contributed by atoms with Crippen LogP contribution in [0.1, 0.15) is 56.6 Å². The van der Waals surface area contributed by atoms with E-state index in [4.69, 9.17) is 9.18 Å². The number of aliphatic imine (C=N–C) groups is 1. The van der Waals surface area contributed by atoms with Crippen LogP contribution in [-0.2, 0) is 25.0 Å². The molecule has 0 radical (unpaired) electrons. The Morgan fingerprint density at radius 3 is 2.60 bits per heavy atom. The molecule has 0 bridgehead atoms. The van der Waals surface area contributed by atoms with Gasteiger partial charge in [0.15, 0.2) is 0 Å². The second-order valence-corrected chi connectivity index (χ2v) is 11.4. The van der Waals surface area contributed by atoms with E-state index in [1.165, 1.54) is 16.5 Å². The molecule has 0 spiro atoms. The number of likely N-dealkylation sites (N-methyl/N-ethyl adjacent to an activating group) is 1. The van der Waals surface area contributed by atoms with E-state index in [1.807, 2.05) is 54.6 Å². The van der Waals surface area contributed by atoms with Gasteiger partial charge in [0.1, 0.15) is 6.33 Å². The van der Waals surface area contributed by atoms with Gasteiger partial charge in [0.2, 0.25) is 12.1 Å². The zero-order valence-electron chi connectivity index (χ0n) is 22.8. The predicted octanol–water partition coefficient (Wildman–Crippen LogP) is 4.26. The first-order chi connectivity index (χ1) is 19.5. The van der Waals surface area contributed by atoms with Gasteiger partial charge in [-0.15, -0.1) is 0 Å². The normalized spacial score (nSPS) is 19.2. The van der Waals surface area contributed by atoms with Crippen LogP contribution in [0.25, 0.3) is 0 Å². The van der Waals surface area contributed by atoms with Crippen molar-refractivity contribution in [3.05, 3.63) is 84.4 Å². The molecule has 4 atom stereocenters. The number of benzene rings is 2. The minimum Gasteiger partial charge on any atom is -0.326 e. The number of aromatic nitrogens is 2. The van der Waals surface area contributed by atoms with E-state index >= 15 is 0 Å². The van der Waals surface area contributed by atoms with Crippen molar-refractivity contribution >= 4 is 34.5 Å². The molecule has 2 heterocycles. The topological polar surface area (TPSA) is 106 Å². The number of fused-ring (bicyclic) bond motifs is 1. The summed E-state index contributed by atoms with van der Waals surface area (Å²) < 4.78 is 20.4. The third-order valence-electron chi connectivity index (χ3n) is 7.44. The number of rotatable bonds is 12. The van der Waals surface area contributed by atoms with Gasteiger partial charge in [-0.1, -0.05) is 81.1 Å². The molecule has 2 aromatic carbocycles. The second kappa shape index (κ2) is 12.7. The maximum atomic E-state index is 14.0. The van der Waals surface area contributed by atoms with Gasteiger partial charge in [-0.05, 0) is 24.8 Å². The number of anilines is 1. The first kappa shape index (κ1) is 27.9. The summed E-state index contributed by atoms with van der Waals surface area (Å²) in [7, 11) is 1.70. The molecule has 1 aromatic heterocycles. The average molecular weight is 562 g/mol. The average Bonchev–Trinajstić information content (AvgIpc) is 3.65. The second-order valence-electron chi connectivity index (χ2n) is 10.4. The number of nitrogens with zero attached hydrogens (tertiary/aromatic N) is 4. The third-order valence-corrected chi connectivity index (χ3v) is 8.41. The molecule has 1 aliphatic carbocycles. The molecule has 1 saturated carbocycles. The maximum absolute atomic E-state index is 14.0. The lowest BCUT2D eigenvalue weighted by Crippen LogP contribution is -2.50. The van der Waals surface area contributed by atoms with Gasteiger partial charge in [0.25, 0.3) is 17.2 Å². The Kier molecular flexibility index (Phi) is 8.86. The molecule has 1 aliphatic heterocycles. The van der Waals surface area contributed by atoms with Crippen LogP contribution in [0.2, 0.25) is 0 Å². The summed E-state index contributed by atoms with van der Waals surface area (Å²) in [5.41, 5.74) is 3.03. The third kappa shape index (κ3) is 6.39. The molecule has 1 N–H and O–H groups in total. The summed E-state index contributed by atoms with van der Waals surface area (Å²) in [4.78, 5) is 38.0. The molecule has 210 valence electrons. The van der Waals surface area contributed by atoms with Crippen molar-refractivity contribution in [3.63, 3.8) is 0 Å². The van der Waals surface area contributed by atoms with Crippen molar-refractivity contribution in [2.24, 2.45) is 16.8 Å². The number of hydrogen-bond acceptors (Lipinski definition) is 6. The standard InChI is InChI=1S/C30H35N5O4S/c1-3-4-14-26(39-40(38)35-18-17-31-20-35)24(19-21-15-16-21)29(36)33-28-30(37)34(2)25-13-9-8-12-23(25)27(32-28)22-10-6-5-7-11-22/h5-13,17-18,20-21,24,26,28H,3-4,14-16,19H2,1-2H3,(H,33,36)/t24-,26+,28-,40?/m1/s1. The van der Waals surface area contributed by atoms with Gasteiger partial charge in [-0.2, -0.15) is 0 Å². The first-order valence-electron chi connectivity index (χ1n) is 13.8. The Balaban J connectivity index is 1.45. The van der Waals surface area contributed by atoms with Crippen LogP contribution in [0.3, 0.4) is 0 Å². The lowest BCUT2D eigenvalue weighted by atomic mass is 9.91. The van der Waals surface area contributed by atoms with Crippen LogP contribution < -0.4 is 10.2 Å². The summed E-state index contributed by atoms with van der Waals surface area (Å²) in [6, 6.07) is 17.3. The fourth-order valence-electron chi connectivity index (χ4n) is 5.04. The van der Waals surface area contributed by atoms with Crippen molar-refractivity contribution in [1.29, 1.82) is 0 Å². The van der Waals surface area contributed by atoms with E-state index in [2.05, 4.69) is 17.2 Å². The number of imidazole rings is 1. The number of unbranched alkanes of at least 4 members (excludes halogenated alkanes) is 1. The van der Waals surface area contributed by atoms with Crippen LogP contribution in [0.15, 0.2) is 78.3 Å². The molecule has 5 rings (SSSR count). The highest BCUT2D eigenvalue weighted by atomic mass is 32.2. The van der Waals surface area contributed by atoms with Crippen LogP contribution in [0, 0.1) is 11.8 Å². The van der Waals surface area contributed by atoms with Gasteiger partial charge in [0, 0.05) is 30.6 Å². The molecule has 40 heavy (non-hydrogen) atoms. The zero-order valence-corrected chi connectivity index (χ0v) is 23.6. The van der Waals surface area contributed by atoms with E-state index in [0.717, 1.165) is 42.5 Å². The zero-order chi connectivity index (χ0) is 28.1. The minimum atomic E-state index is -1.83. The minimum absolute atomic E-state index is 0.315. The Labute approximate surface area is 237 Å². The Hall–Kier alpha value is -3.63. The Bertz CT molecular complexity index is 1370. The summed E-state index contributed by atoms with van der Waals surface area (Å²) >= 11 is -1.83. The number of hydrogen-bond donors (Lipinski definition) is 1. The first-order valence-corrected chi connectivity index (χ1v) is 14.9. The van der Waals surface area contributed by atoms with Gasteiger partial charge >= 0.3 is 0 Å². The number of carbonyl (C=O) groups excluding carboxylic acids is 2. The van der Waals surface area contributed by atoms with Crippen molar-refractivity contribution in [1.82, 2.24) is 14.3 Å². The van der Waals surface area contributed by atoms with E-state index in [1.54, 1.807) is 18.1 Å². The molecule has 1 fully saturated rings. The Morgan fingerprint density at radius 1 is 1.15 bits per heavy atom. The number of carbonyl (C=O) groups is 2. The number of para-hydroxylation sites is 1. The number of nitrogens with one attached hydrogen (secondary N) is 1. The fraction of sp³-hybridized carbons (Fsp3) is 0.400. The largest absolute Gasteiger partial charge is 0.326 e. The quantitative estimate of drug-likeness (QED) is 0.356.